The van der Waals surface area contributed by atoms with Gasteiger partial charge in [0.1, 0.15) is 5.82 Å². The molecule has 26 heavy (non-hydrogen) atoms. The number of nitrogens with zero attached hydrogens (tertiary/aromatic N) is 1. The van der Waals surface area contributed by atoms with E-state index < -0.39 is 17.3 Å². The molecule has 1 unspecified atom stereocenters. The Balaban J connectivity index is 1.82. The van der Waals surface area contributed by atoms with E-state index in [1.807, 2.05) is 0 Å². The molecule has 136 valence electrons. The summed E-state index contributed by atoms with van der Waals surface area (Å²) in [5, 5.41) is 3.03. The molecule has 0 aliphatic carbocycles. The number of nitrogens with one attached hydrogen (secondary N) is 1. The molecule has 3 rings (SSSR count). The van der Waals surface area contributed by atoms with Crippen LogP contribution < -0.4 is 10.1 Å². The summed E-state index contributed by atoms with van der Waals surface area (Å²) in [6.07, 6.45) is 0.325. The van der Waals surface area contributed by atoms with Crippen LogP contribution in [0.4, 0.5) is 13.9 Å². The minimum Gasteiger partial charge on any atom is -0.475 e. The lowest BCUT2D eigenvalue weighted by molar-refractivity contribution is -0.130. The zero-order valence-corrected chi connectivity index (χ0v) is 15.4. The highest BCUT2D eigenvalue weighted by molar-refractivity contribution is 7.22. The van der Waals surface area contributed by atoms with Crippen LogP contribution >= 0.6 is 11.3 Å². The highest BCUT2D eigenvalue weighted by Gasteiger charge is 2.35. The summed E-state index contributed by atoms with van der Waals surface area (Å²) in [5.74, 6) is -1.32. The van der Waals surface area contributed by atoms with Gasteiger partial charge in [-0.2, -0.15) is 0 Å². The van der Waals surface area contributed by atoms with Gasteiger partial charge >= 0.3 is 0 Å². The first-order valence-corrected chi connectivity index (χ1v) is 8.95. The lowest BCUT2D eigenvalue weighted by Crippen LogP contribution is -2.45. The highest BCUT2D eigenvalue weighted by atomic mass is 32.1. The number of hydrogen-bond acceptors (Lipinski definition) is 4. The molecule has 7 heteroatoms. The first-order valence-electron chi connectivity index (χ1n) is 8.13. The number of carbonyl (C=O) groups excluding carboxylic acids is 1. The number of aryl methyl sites for hydroxylation is 1. The van der Waals surface area contributed by atoms with E-state index in [1.54, 1.807) is 32.9 Å². The average Bonchev–Trinajstić information content (AvgIpc) is 2.98. The van der Waals surface area contributed by atoms with Gasteiger partial charge in [0, 0.05) is 0 Å². The lowest BCUT2D eigenvalue weighted by atomic mass is 10.0. The van der Waals surface area contributed by atoms with E-state index in [0.717, 1.165) is 5.56 Å². The van der Waals surface area contributed by atoms with Crippen LogP contribution in [0.3, 0.4) is 0 Å². The zero-order valence-electron chi connectivity index (χ0n) is 14.6. The minimum atomic E-state index is -1.28. The van der Waals surface area contributed by atoms with Crippen LogP contribution in [0.2, 0.25) is 0 Å². The van der Waals surface area contributed by atoms with Crippen LogP contribution in [0.15, 0.2) is 36.4 Å². The van der Waals surface area contributed by atoms with E-state index in [9.17, 15) is 13.6 Å². The minimum absolute atomic E-state index is 0.0153. The van der Waals surface area contributed by atoms with Crippen molar-refractivity contribution >= 4 is 32.6 Å². The number of rotatable bonds is 5. The quantitative estimate of drug-likeness (QED) is 0.676. The van der Waals surface area contributed by atoms with E-state index in [0.29, 0.717) is 21.8 Å². The van der Waals surface area contributed by atoms with Crippen LogP contribution in [0.25, 0.3) is 10.2 Å². The lowest BCUT2D eigenvalue weighted by Gasteiger charge is -2.28. The molecule has 1 amide bonds. The molecular weight excluding hydrogens is 358 g/mol. The maximum Gasteiger partial charge on any atom is 0.270 e. The van der Waals surface area contributed by atoms with Crippen LogP contribution in [0.5, 0.6) is 5.75 Å². The molecule has 3 aromatic rings. The summed E-state index contributed by atoms with van der Waals surface area (Å²) >= 11 is 1.17. The predicted molar refractivity (Wildman–Crippen MR) is 98.7 cm³/mol. The molecule has 0 aliphatic rings. The number of benzene rings is 2. The first kappa shape index (κ1) is 18.3. The maximum absolute atomic E-state index is 14.1. The fourth-order valence-corrected chi connectivity index (χ4v) is 3.28. The number of halogens is 2. The topological polar surface area (TPSA) is 51.2 Å². The fraction of sp³-hybridized carbons (Fsp3) is 0.263. The second-order valence-corrected chi connectivity index (χ2v) is 7.24. The molecule has 2 aromatic carbocycles. The van der Waals surface area contributed by atoms with Crippen molar-refractivity contribution in [3.63, 3.8) is 0 Å². The molecule has 1 heterocycles. The number of carbonyl (C=O) groups is 1. The van der Waals surface area contributed by atoms with Gasteiger partial charge in [-0.15, -0.1) is 0 Å². The first-order chi connectivity index (χ1) is 12.3. The molecule has 0 saturated carbocycles. The van der Waals surface area contributed by atoms with Crippen LogP contribution in [0, 0.1) is 18.6 Å². The van der Waals surface area contributed by atoms with Crippen molar-refractivity contribution in [2.45, 2.75) is 32.8 Å². The Hall–Kier alpha value is -2.54. The normalized spacial score (nSPS) is 13.4. The SMILES string of the molecule is CCC(C)(Oc1ccc(C)cc1F)C(=O)Nc1nc2ccc(F)cc2s1. The van der Waals surface area contributed by atoms with Gasteiger partial charge in [0.2, 0.25) is 0 Å². The molecule has 0 saturated heterocycles. The van der Waals surface area contributed by atoms with Gasteiger partial charge in [-0.25, -0.2) is 13.8 Å². The largest absolute Gasteiger partial charge is 0.475 e. The van der Waals surface area contributed by atoms with Crippen molar-refractivity contribution in [3.8, 4) is 5.75 Å². The Morgan fingerprint density at radius 1 is 1.27 bits per heavy atom. The molecule has 0 fully saturated rings. The zero-order chi connectivity index (χ0) is 18.9. The number of amides is 1. The number of thiazole rings is 1. The van der Waals surface area contributed by atoms with Gasteiger partial charge in [-0.05, 0) is 56.2 Å². The molecular formula is C19H18F2N2O2S. The van der Waals surface area contributed by atoms with Crippen molar-refractivity contribution in [2.75, 3.05) is 5.32 Å². The predicted octanol–water partition coefficient (Wildman–Crippen LogP) is 5.07. The third-order valence-electron chi connectivity index (χ3n) is 4.15. The summed E-state index contributed by atoms with van der Waals surface area (Å²) in [4.78, 5) is 17.0. The van der Waals surface area contributed by atoms with Gasteiger partial charge in [0.25, 0.3) is 5.91 Å². The van der Waals surface area contributed by atoms with Gasteiger partial charge in [-0.1, -0.05) is 24.3 Å². The monoisotopic (exact) mass is 376 g/mol. The Labute approximate surface area is 153 Å². The third kappa shape index (κ3) is 3.67. The summed E-state index contributed by atoms with van der Waals surface area (Å²) in [7, 11) is 0. The second kappa shape index (κ2) is 6.99. The molecule has 0 bridgehead atoms. The summed E-state index contributed by atoms with van der Waals surface area (Å²) in [6, 6.07) is 8.80. The van der Waals surface area contributed by atoms with Gasteiger partial charge in [0.05, 0.1) is 10.2 Å². The van der Waals surface area contributed by atoms with Crippen LogP contribution in [-0.4, -0.2) is 16.5 Å². The summed E-state index contributed by atoms with van der Waals surface area (Å²) in [6.45, 7) is 5.14. The maximum atomic E-state index is 14.1. The Bertz CT molecular complexity index is 973. The third-order valence-corrected chi connectivity index (χ3v) is 5.08. The van der Waals surface area contributed by atoms with Crippen LogP contribution in [-0.2, 0) is 4.79 Å². The van der Waals surface area contributed by atoms with E-state index in [4.69, 9.17) is 4.74 Å². The smallest absolute Gasteiger partial charge is 0.270 e. The Kier molecular flexibility index (Phi) is 4.91. The number of anilines is 1. The average molecular weight is 376 g/mol. The van der Waals surface area contributed by atoms with Crippen molar-refractivity contribution in [1.82, 2.24) is 4.98 Å². The Morgan fingerprint density at radius 3 is 2.73 bits per heavy atom. The standard InChI is InChI=1S/C19H18F2N2O2S/c1-4-19(3,25-15-8-5-11(2)9-13(15)21)17(24)23-18-22-14-7-6-12(20)10-16(14)26-18/h5-10H,4H2,1-3H3,(H,22,23,24). The fourth-order valence-electron chi connectivity index (χ4n) is 2.39. The van der Waals surface area contributed by atoms with E-state index in [1.165, 1.54) is 35.6 Å². The molecule has 0 aliphatic heterocycles. The van der Waals surface area contributed by atoms with Crippen molar-refractivity contribution in [3.05, 3.63) is 53.6 Å². The summed E-state index contributed by atoms with van der Waals surface area (Å²) in [5.41, 5.74) is 0.0776. The van der Waals surface area contributed by atoms with Crippen LogP contribution in [0.1, 0.15) is 25.8 Å². The molecule has 1 atom stereocenters. The molecule has 4 nitrogen and oxygen atoms in total. The molecule has 1 N–H and O–H groups in total. The molecule has 0 radical (unpaired) electrons. The molecule has 0 spiro atoms. The van der Waals surface area contributed by atoms with Crippen molar-refractivity contribution in [2.24, 2.45) is 0 Å². The highest BCUT2D eigenvalue weighted by Crippen LogP contribution is 2.29. The molecule has 1 aromatic heterocycles. The number of fused-ring (bicyclic) bond motifs is 1. The second-order valence-electron chi connectivity index (χ2n) is 6.21. The number of aromatic nitrogens is 1. The van der Waals surface area contributed by atoms with Crippen molar-refractivity contribution in [1.29, 1.82) is 0 Å². The van der Waals surface area contributed by atoms with Gasteiger partial charge in [-0.3, -0.25) is 10.1 Å². The number of ether oxygens (including phenoxy) is 1. The number of hydrogen-bond donors (Lipinski definition) is 1. The Morgan fingerprint density at radius 2 is 2.04 bits per heavy atom. The van der Waals surface area contributed by atoms with E-state index in [2.05, 4.69) is 10.3 Å². The van der Waals surface area contributed by atoms with Gasteiger partial charge in [0.15, 0.2) is 22.3 Å². The van der Waals surface area contributed by atoms with E-state index >= 15 is 0 Å². The van der Waals surface area contributed by atoms with Crippen molar-refractivity contribution < 1.29 is 18.3 Å². The van der Waals surface area contributed by atoms with Gasteiger partial charge < -0.3 is 4.74 Å². The summed E-state index contributed by atoms with van der Waals surface area (Å²) < 4.78 is 33.7. The van der Waals surface area contributed by atoms with E-state index in [-0.39, 0.29) is 11.6 Å².